The number of halogens is 1. The Morgan fingerprint density at radius 1 is 0.345 bits per heavy atom. The summed E-state index contributed by atoms with van der Waals surface area (Å²) in [4.78, 5) is 10.9. The molecule has 0 aliphatic rings. The molecule has 4 aromatic heterocycles. The Morgan fingerprint density at radius 3 is 1.29 bits per heavy atom. The molecule has 12 aromatic rings. The van der Waals surface area contributed by atoms with Gasteiger partial charge in [0.15, 0.2) is 5.82 Å². The molecule has 0 aliphatic heterocycles. The molecule has 0 atom stereocenters. The number of para-hydroxylation sites is 5. The molecule has 0 saturated heterocycles. The van der Waals surface area contributed by atoms with E-state index in [9.17, 15) is 0 Å². The van der Waals surface area contributed by atoms with Crippen LogP contribution in [-0.2, 0) is 0 Å². The number of benzene rings is 8. The topological polar surface area (TPSA) is 40.6 Å². The van der Waals surface area contributed by atoms with Gasteiger partial charge in [0, 0.05) is 59.6 Å². The fourth-order valence-corrected chi connectivity index (χ4v) is 9.34. The molecule has 0 fully saturated rings. The molecule has 0 spiro atoms. The van der Waals surface area contributed by atoms with Crippen LogP contribution in [0.3, 0.4) is 0 Å². The van der Waals surface area contributed by atoms with E-state index in [0.29, 0.717) is 5.82 Å². The summed E-state index contributed by atoms with van der Waals surface area (Å²) in [5.74, 6) is 0.668. The Bertz CT molecular complexity index is 3450. The van der Waals surface area contributed by atoms with Gasteiger partial charge in [0.05, 0.1) is 38.7 Å². The van der Waals surface area contributed by atoms with Crippen LogP contribution in [0.1, 0.15) is 0 Å². The maximum atomic E-state index is 5.46. The summed E-state index contributed by atoms with van der Waals surface area (Å²) in [6.07, 6.45) is 0. The van der Waals surface area contributed by atoms with Crippen molar-refractivity contribution in [2.45, 2.75) is 0 Å². The molecule has 4 heterocycles. The normalized spacial score (nSPS) is 11.9. The molecular weight excluding hydrogens is 775 g/mol. The average Bonchev–Trinajstić information content (AvgIpc) is 3.92. The van der Waals surface area contributed by atoms with Crippen LogP contribution in [0.4, 0.5) is 0 Å². The summed E-state index contributed by atoms with van der Waals surface area (Å²) in [6, 6.07) is 69.0. The first-order valence-corrected chi connectivity index (χ1v) is 20.2. The highest BCUT2D eigenvalue weighted by Crippen LogP contribution is 2.41. The van der Waals surface area contributed by atoms with Crippen LogP contribution in [0.15, 0.2) is 199 Å². The zero-order valence-electron chi connectivity index (χ0n) is 31.1. The molecule has 6 heteroatoms. The summed E-state index contributed by atoms with van der Waals surface area (Å²) in [5, 5.41) is 7.06. The SMILES string of the molecule is Brc1ccc2c(c1)c1c(-c3ccc(-n4c5ccccc5c5ccccc54)cc3)nc(-c3ccc(-n4c5ccccc5c5ccccc54)cc3)nc1n2-c1ccccc1. The van der Waals surface area contributed by atoms with Crippen molar-refractivity contribution in [2.75, 3.05) is 0 Å². The second-order valence-electron chi connectivity index (χ2n) is 14.8. The van der Waals surface area contributed by atoms with Gasteiger partial charge in [-0.25, -0.2) is 9.97 Å². The van der Waals surface area contributed by atoms with Gasteiger partial charge in [-0.05, 0) is 91.0 Å². The van der Waals surface area contributed by atoms with E-state index in [0.717, 1.165) is 60.3 Å². The van der Waals surface area contributed by atoms with Crippen molar-refractivity contribution in [3.63, 3.8) is 0 Å². The molecule has 272 valence electrons. The maximum Gasteiger partial charge on any atom is 0.162 e. The predicted molar refractivity (Wildman–Crippen MR) is 244 cm³/mol. The molecule has 0 N–H and O–H groups in total. The summed E-state index contributed by atoms with van der Waals surface area (Å²) in [5.41, 5.74) is 12.7. The number of hydrogen-bond acceptors (Lipinski definition) is 2. The lowest BCUT2D eigenvalue weighted by Gasteiger charge is -2.12. The monoisotopic (exact) mass is 805 g/mol. The van der Waals surface area contributed by atoms with Crippen molar-refractivity contribution in [2.24, 2.45) is 0 Å². The average molecular weight is 807 g/mol. The summed E-state index contributed by atoms with van der Waals surface area (Å²) in [6.45, 7) is 0. The molecule has 58 heavy (non-hydrogen) atoms. The fraction of sp³-hybridized carbons (Fsp3) is 0. The molecule has 0 radical (unpaired) electrons. The van der Waals surface area contributed by atoms with Crippen LogP contribution in [0, 0.1) is 0 Å². The van der Waals surface area contributed by atoms with Crippen LogP contribution in [0.5, 0.6) is 0 Å². The Hall–Kier alpha value is -7.28. The predicted octanol–water partition coefficient (Wildman–Crippen LogP) is 13.9. The maximum absolute atomic E-state index is 5.46. The summed E-state index contributed by atoms with van der Waals surface area (Å²) in [7, 11) is 0. The second kappa shape index (κ2) is 12.9. The smallest absolute Gasteiger partial charge is 0.162 e. The van der Waals surface area contributed by atoms with Crippen molar-refractivity contribution in [3.05, 3.63) is 199 Å². The number of rotatable bonds is 5. The van der Waals surface area contributed by atoms with E-state index in [4.69, 9.17) is 9.97 Å². The molecule has 0 amide bonds. The molecule has 8 aromatic carbocycles. The van der Waals surface area contributed by atoms with Crippen molar-refractivity contribution in [3.8, 4) is 39.7 Å². The minimum atomic E-state index is 0.668. The summed E-state index contributed by atoms with van der Waals surface area (Å²) >= 11 is 3.78. The number of aromatic nitrogens is 5. The van der Waals surface area contributed by atoms with Crippen molar-refractivity contribution < 1.29 is 0 Å². The molecule has 0 bridgehead atoms. The Kier molecular flexibility index (Phi) is 7.31. The quantitative estimate of drug-likeness (QED) is 0.174. The van der Waals surface area contributed by atoms with E-state index in [1.165, 1.54) is 43.6 Å². The van der Waals surface area contributed by atoms with E-state index in [1.54, 1.807) is 0 Å². The number of fused-ring (bicyclic) bond motifs is 9. The van der Waals surface area contributed by atoms with Crippen molar-refractivity contribution in [1.29, 1.82) is 0 Å². The highest BCUT2D eigenvalue weighted by molar-refractivity contribution is 9.10. The minimum absolute atomic E-state index is 0.668. The second-order valence-corrected chi connectivity index (χ2v) is 15.7. The first-order valence-electron chi connectivity index (χ1n) is 19.4. The van der Waals surface area contributed by atoms with Gasteiger partial charge < -0.3 is 9.13 Å². The molecule has 0 unspecified atom stereocenters. The molecule has 0 saturated carbocycles. The van der Waals surface area contributed by atoms with Gasteiger partial charge in [-0.15, -0.1) is 0 Å². The minimum Gasteiger partial charge on any atom is -0.309 e. The van der Waals surface area contributed by atoms with Gasteiger partial charge >= 0.3 is 0 Å². The molecule has 5 nitrogen and oxygen atoms in total. The van der Waals surface area contributed by atoms with E-state index in [2.05, 4.69) is 224 Å². The van der Waals surface area contributed by atoms with E-state index < -0.39 is 0 Å². The zero-order valence-corrected chi connectivity index (χ0v) is 32.7. The van der Waals surface area contributed by atoms with Crippen molar-refractivity contribution >= 4 is 81.5 Å². The van der Waals surface area contributed by atoms with E-state index >= 15 is 0 Å². The third-order valence-corrected chi connectivity index (χ3v) is 12.0. The van der Waals surface area contributed by atoms with Crippen LogP contribution in [-0.4, -0.2) is 23.7 Å². The Balaban J connectivity index is 1.07. The van der Waals surface area contributed by atoms with Crippen LogP contribution >= 0.6 is 15.9 Å². The van der Waals surface area contributed by atoms with Crippen LogP contribution in [0.2, 0.25) is 0 Å². The standard InChI is InChI=1S/C52H32BrN5/c53-35-26-31-48-43(32-35)49-50(33-22-27-37(28-23-33)56-44-18-8-4-14-39(44)40-15-5-9-19-45(40)56)54-51(55-52(49)58(48)36-12-2-1-3-13-36)34-24-29-38(30-25-34)57-46-20-10-6-16-41(46)42-17-7-11-21-47(42)57/h1-32H. The Morgan fingerprint density at radius 2 is 0.776 bits per heavy atom. The fourth-order valence-electron chi connectivity index (χ4n) is 8.98. The summed E-state index contributed by atoms with van der Waals surface area (Å²) < 4.78 is 7.97. The first kappa shape index (κ1) is 32.9. The van der Waals surface area contributed by atoms with E-state index in [-0.39, 0.29) is 0 Å². The third-order valence-electron chi connectivity index (χ3n) is 11.5. The molecular formula is C52H32BrN5. The highest BCUT2D eigenvalue weighted by atomic mass is 79.9. The lowest BCUT2D eigenvalue weighted by Crippen LogP contribution is -2.00. The van der Waals surface area contributed by atoms with Gasteiger partial charge in [0.2, 0.25) is 0 Å². The number of hydrogen-bond donors (Lipinski definition) is 0. The number of nitrogens with zero attached hydrogens (tertiary/aromatic N) is 5. The molecule has 12 rings (SSSR count). The Labute approximate surface area is 341 Å². The molecule has 0 aliphatic carbocycles. The highest BCUT2D eigenvalue weighted by Gasteiger charge is 2.22. The van der Waals surface area contributed by atoms with Crippen LogP contribution < -0.4 is 0 Å². The largest absolute Gasteiger partial charge is 0.309 e. The van der Waals surface area contributed by atoms with Gasteiger partial charge in [0.25, 0.3) is 0 Å². The van der Waals surface area contributed by atoms with Gasteiger partial charge in [-0.3, -0.25) is 4.57 Å². The zero-order chi connectivity index (χ0) is 38.3. The van der Waals surface area contributed by atoms with Gasteiger partial charge in [-0.1, -0.05) is 119 Å². The first-order chi connectivity index (χ1) is 28.7. The van der Waals surface area contributed by atoms with Crippen molar-refractivity contribution in [1.82, 2.24) is 23.7 Å². The van der Waals surface area contributed by atoms with E-state index in [1.807, 2.05) is 0 Å². The lowest BCUT2D eigenvalue weighted by atomic mass is 10.0. The van der Waals surface area contributed by atoms with Gasteiger partial charge in [-0.2, -0.15) is 0 Å². The lowest BCUT2D eigenvalue weighted by molar-refractivity contribution is 1.11. The van der Waals surface area contributed by atoms with Gasteiger partial charge in [0.1, 0.15) is 5.65 Å². The van der Waals surface area contributed by atoms with Crippen LogP contribution in [0.25, 0.3) is 105 Å². The third kappa shape index (κ3) is 4.95.